The zero-order chi connectivity index (χ0) is 17.8. The van der Waals surface area contributed by atoms with Crippen molar-refractivity contribution in [3.05, 3.63) is 70.8 Å². The van der Waals surface area contributed by atoms with E-state index in [9.17, 15) is 14.4 Å². The molecule has 3 N–H and O–H groups in total. The third-order valence-corrected chi connectivity index (χ3v) is 3.49. The number of nitrogens with zero attached hydrogens (tertiary/aromatic N) is 2. The number of fused-ring (bicyclic) bond motifs is 1. The fraction of sp³-hybridized carbons (Fsp3) is 0.0588. The molecule has 0 aliphatic rings. The Kier molecular flexibility index (Phi) is 4.42. The van der Waals surface area contributed by atoms with Crippen molar-refractivity contribution >= 4 is 29.0 Å². The normalized spacial score (nSPS) is 10.3. The number of nitrogens with one attached hydrogen (secondary N) is 3. The molecule has 0 unspecified atom stereocenters. The summed E-state index contributed by atoms with van der Waals surface area (Å²) < 4.78 is 1.31. The van der Waals surface area contributed by atoms with Crippen LogP contribution in [0.5, 0.6) is 0 Å². The quantitative estimate of drug-likeness (QED) is 0.676. The second-order valence-corrected chi connectivity index (χ2v) is 5.14. The van der Waals surface area contributed by atoms with Gasteiger partial charge in [-0.2, -0.15) is 0 Å². The molecule has 2 aromatic heterocycles. The highest BCUT2D eigenvalue weighted by atomic mass is 16.2. The van der Waals surface area contributed by atoms with Gasteiger partial charge in [0.05, 0.1) is 0 Å². The number of hydrogen-bond acceptors (Lipinski definition) is 4. The molecule has 0 radical (unpaired) electrons. The van der Waals surface area contributed by atoms with Crippen LogP contribution in [0.15, 0.2) is 59.7 Å². The van der Waals surface area contributed by atoms with Gasteiger partial charge < -0.3 is 16.0 Å². The van der Waals surface area contributed by atoms with E-state index in [1.165, 1.54) is 17.6 Å². The highest BCUT2D eigenvalue weighted by Gasteiger charge is 2.13. The summed E-state index contributed by atoms with van der Waals surface area (Å²) >= 11 is 0. The Hall–Kier alpha value is -3.68. The lowest BCUT2D eigenvalue weighted by atomic mass is 10.2. The van der Waals surface area contributed by atoms with E-state index in [1.807, 2.05) is 0 Å². The van der Waals surface area contributed by atoms with Crippen LogP contribution < -0.4 is 21.5 Å². The summed E-state index contributed by atoms with van der Waals surface area (Å²) in [6, 6.07) is 11.3. The van der Waals surface area contributed by atoms with Gasteiger partial charge in [-0.1, -0.05) is 6.07 Å². The summed E-state index contributed by atoms with van der Waals surface area (Å²) in [5, 5.41) is 7.68. The minimum atomic E-state index is -0.553. The molecule has 0 aliphatic carbocycles. The van der Waals surface area contributed by atoms with Crippen molar-refractivity contribution in [2.24, 2.45) is 0 Å². The molecule has 0 fully saturated rings. The standard InChI is InChI=1S/C17H15N5O3/c1-18-17(25)21-12-7-5-11(6-8-12)20-15(23)13-10-19-14-4-2-3-9-22(14)16(13)24/h2-10H,1H3,(H,20,23)(H2,18,21,25). The number of carbonyl (C=O) groups excluding carboxylic acids is 2. The van der Waals surface area contributed by atoms with Gasteiger partial charge in [0.15, 0.2) is 0 Å². The number of amides is 3. The van der Waals surface area contributed by atoms with Crippen LogP contribution in [0.3, 0.4) is 0 Å². The van der Waals surface area contributed by atoms with Gasteiger partial charge in [-0.15, -0.1) is 0 Å². The molecule has 8 heteroatoms. The molecule has 3 rings (SSSR count). The number of anilines is 2. The van der Waals surface area contributed by atoms with Gasteiger partial charge in [0.2, 0.25) is 0 Å². The number of aromatic nitrogens is 2. The van der Waals surface area contributed by atoms with Crippen molar-refractivity contribution in [1.82, 2.24) is 14.7 Å². The molecule has 0 bridgehead atoms. The molecule has 2 heterocycles. The van der Waals surface area contributed by atoms with Crippen LogP contribution in [0.2, 0.25) is 0 Å². The summed E-state index contributed by atoms with van der Waals surface area (Å²) in [4.78, 5) is 40.1. The number of carbonyl (C=O) groups is 2. The summed E-state index contributed by atoms with van der Waals surface area (Å²) in [5.41, 5.74) is 1.03. The topological polar surface area (TPSA) is 105 Å². The van der Waals surface area contributed by atoms with E-state index in [4.69, 9.17) is 0 Å². The molecule has 8 nitrogen and oxygen atoms in total. The Morgan fingerprint density at radius 3 is 2.36 bits per heavy atom. The molecule has 3 aromatic rings. The zero-order valence-corrected chi connectivity index (χ0v) is 13.3. The van der Waals surface area contributed by atoms with Crippen molar-refractivity contribution in [2.45, 2.75) is 0 Å². The Balaban J connectivity index is 1.79. The first-order chi connectivity index (χ1) is 12.1. The second-order valence-electron chi connectivity index (χ2n) is 5.14. The number of pyridine rings is 1. The highest BCUT2D eigenvalue weighted by Crippen LogP contribution is 2.14. The van der Waals surface area contributed by atoms with Gasteiger partial charge in [0.25, 0.3) is 11.5 Å². The second kappa shape index (κ2) is 6.83. The fourth-order valence-electron chi connectivity index (χ4n) is 2.21. The summed E-state index contributed by atoms with van der Waals surface area (Å²) in [7, 11) is 1.51. The van der Waals surface area contributed by atoms with E-state index in [2.05, 4.69) is 20.9 Å². The third kappa shape index (κ3) is 3.47. The Bertz CT molecular complexity index is 995. The number of urea groups is 1. The Morgan fingerprint density at radius 1 is 1.00 bits per heavy atom. The highest BCUT2D eigenvalue weighted by molar-refractivity contribution is 6.04. The molecule has 0 atom stereocenters. The van der Waals surface area contributed by atoms with Crippen LogP contribution >= 0.6 is 0 Å². The van der Waals surface area contributed by atoms with Crippen LogP contribution in [0, 0.1) is 0 Å². The minimum absolute atomic E-state index is 0.0590. The van der Waals surface area contributed by atoms with E-state index in [-0.39, 0.29) is 11.6 Å². The number of rotatable bonds is 3. The van der Waals surface area contributed by atoms with Crippen LogP contribution in [0.4, 0.5) is 16.2 Å². The first kappa shape index (κ1) is 16.2. The average Bonchev–Trinajstić information content (AvgIpc) is 2.63. The van der Waals surface area contributed by atoms with Crippen LogP contribution in [0.25, 0.3) is 5.65 Å². The summed E-state index contributed by atoms with van der Waals surface area (Å²) in [6.45, 7) is 0. The maximum Gasteiger partial charge on any atom is 0.318 e. The van der Waals surface area contributed by atoms with Gasteiger partial charge >= 0.3 is 6.03 Å². The molecular weight excluding hydrogens is 322 g/mol. The average molecular weight is 337 g/mol. The van der Waals surface area contributed by atoms with Crippen LogP contribution in [-0.2, 0) is 0 Å². The van der Waals surface area contributed by atoms with Crippen molar-refractivity contribution < 1.29 is 9.59 Å². The van der Waals surface area contributed by atoms with Crippen molar-refractivity contribution in [3.63, 3.8) is 0 Å². The predicted molar refractivity (Wildman–Crippen MR) is 93.9 cm³/mol. The Labute approximate surface area is 142 Å². The van der Waals surface area contributed by atoms with Crippen molar-refractivity contribution in [2.75, 3.05) is 17.7 Å². The lowest BCUT2D eigenvalue weighted by molar-refractivity contribution is 0.102. The fourth-order valence-corrected chi connectivity index (χ4v) is 2.21. The number of benzene rings is 1. The largest absolute Gasteiger partial charge is 0.341 e. The van der Waals surface area contributed by atoms with Crippen LogP contribution in [-0.4, -0.2) is 28.4 Å². The zero-order valence-electron chi connectivity index (χ0n) is 13.3. The van der Waals surface area contributed by atoms with E-state index >= 15 is 0 Å². The molecule has 0 saturated carbocycles. The molecule has 0 spiro atoms. The van der Waals surface area contributed by atoms with E-state index < -0.39 is 11.5 Å². The minimum Gasteiger partial charge on any atom is -0.341 e. The molecule has 126 valence electrons. The lowest BCUT2D eigenvalue weighted by Gasteiger charge is -2.08. The van der Waals surface area contributed by atoms with Gasteiger partial charge in [-0.3, -0.25) is 14.0 Å². The molecule has 3 amide bonds. The maximum atomic E-state index is 12.4. The smallest absolute Gasteiger partial charge is 0.318 e. The van der Waals surface area contributed by atoms with Crippen molar-refractivity contribution in [3.8, 4) is 0 Å². The van der Waals surface area contributed by atoms with E-state index in [1.54, 1.807) is 48.7 Å². The van der Waals surface area contributed by atoms with Gasteiger partial charge in [0.1, 0.15) is 11.2 Å². The maximum absolute atomic E-state index is 12.4. The van der Waals surface area contributed by atoms with Crippen molar-refractivity contribution in [1.29, 1.82) is 0 Å². The molecule has 0 saturated heterocycles. The van der Waals surface area contributed by atoms with Crippen LogP contribution in [0.1, 0.15) is 10.4 Å². The molecular formula is C17H15N5O3. The third-order valence-electron chi connectivity index (χ3n) is 3.49. The first-order valence-corrected chi connectivity index (χ1v) is 7.45. The Morgan fingerprint density at radius 2 is 1.68 bits per heavy atom. The summed E-state index contributed by atoms with van der Waals surface area (Å²) in [6.07, 6.45) is 2.81. The van der Waals surface area contributed by atoms with E-state index in [0.29, 0.717) is 17.0 Å². The number of hydrogen-bond donors (Lipinski definition) is 3. The molecule has 0 aliphatic heterocycles. The van der Waals surface area contributed by atoms with Gasteiger partial charge in [-0.05, 0) is 36.4 Å². The monoisotopic (exact) mass is 337 g/mol. The lowest BCUT2D eigenvalue weighted by Crippen LogP contribution is -2.26. The first-order valence-electron chi connectivity index (χ1n) is 7.45. The molecule has 25 heavy (non-hydrogen) atoms. The van der Waals surface area contributed by atoms with E-state index in [0.717, 1.165) is 0 Å². The van der Waals surface area contributed by atoms with Gasteiger partial charge in [-0.25, -0.2) is 9.78 Å². The summed E-state index contributed by atoms with van der Waals surface area (Å²) in [5.74, 6) is -0.553. The molecule has 1 aromatic carbocycles. The predicted octanol–water partition coefficient (Wildman–Crippen LogP) is 1.70. The SMILES string of the molecule is CNC(=O)Nc1ccc(NC(=O)c2cnc3ccccn3c2=O)cc1. The van der Waals surface area contributed by atoms with Gasteiger partial charge in [0, 0.05) is 30.8 Å².